The molecule has 0 bridgehead atoms. The Labute approximate surface area is 260 Å². The van der Waals surface area contributed by atoms with Crippen molar-refractivity contribution >= 4 is 43.7 Å². The van der Waals surface area contributed by atoms with Crippen LogP contribution in [0.2, 0.25) is 0 Å². The van der Waals surface area contributed by atoms with Gasteiger partial charge >= 0.3 is 0 Å². The van der Waals surface area contributed by atoms with Gasteiger partial charge in [0.15, 0.2) is 0 Å². The summed E-state index contributed by atoms with van der Waals surface area (Å²) in [6.07, 6.45) is 12.0. The highest BCUT2D eigenvalue weighted by atomic mass is 16.3. The molecule has 0 fully saturated rings. The molecule has 4 nitrogen and oxygen atoms in total. The molecule has 0 aliphatic heterocycles. The summed E-state index contributed by atoms with van der Waals surface area (Å²) >= 11 is 0. The number of aromatic nitrogens is 3. The molecule has 1 unspecified atom stereocenters. The Hall–Kier alpha value is -5.61. The monoisotopic (exact) mass is 579 g/mol. The van der Waals surface area contributed by atoms with Crippen LogP contribution in [-0.4, -0.2) is 14.1 Å². The van der Waals surface area contributed by atoms with E-state index in [1.54, 1.807) is 0 Å². The fourth-order valence-electron chi connectivity index (χ4n) is 7.88. The fraction of sp³-hybridized carbons (Fsp3) is 0.0976. The third-order valence-electron chi connectivity index (χ3n) is 9.76. The molecule has 0 radical (unpaired) electrons. The molecule has 1 atom stereocenters. The maximum atomic E-state index is 6.10. The summed E-state index contributed by atoms with van der Waals surface area (Å²) in [5.41, 5.74) is 11.9. The molecule has 214 valence electrons. The normalized spacial score (nSPS) is 15.8. The van der Waals surface area contributed by atoms with Gasteiger partial charge in [0.2, 0.25) is 0 Å². The van der Waals surface area contributed by atoms with Crippen LogP contribution in [0.25, 0.3) is 71.9 Å². The minimum atomic E-state index is 0.335. The Balaban J connectivity index is 1.18. The first-order chi connectivity index (χ1) is 22.3. The molecule has 4 aromatic carbocycles. The molecule has 0 saturated carbocycles. The first kappa shape index (κ1) is 24.8. The third kappa shape index (κ3) is 3.57. The number of benzene rings is 4. The van der Waals surface area contributed by atoms with E-state index in [0.717, 1.165) is 58.3 Å². The summed E-state index contributed by atoms with van der Waals surface area (Å²) in [6, 6.07) is 39.2. The Morgan fingerprint density at radius 1 is 0.622 bits per heavy atom. The maximum Gasteiger partial charge on any atom is 0.138 e. The van der Waals surface area contributed by atoms with Crippen LogP contribution in [0.4, 0.5) is 0 Å². The number of para-hydroxylation sites is 3. The van der Waals surface area contributed by atoms with Crippen molar-refractivity contribution in [3.63, 3.8) is 0 Å². The highest BCUT2D eigenvalue weighted by molar-refractivity contribution is 6.09. The van der Waals surface area contributed by atoms with Gasteiger partial charge in [0, 0.05) is 55.1 Å². The quantitative estimate of drug-likeness (QED) is 0.209. The molecule has 0 amide bonds. The molecule has 45 heavy (non-hydrogen) atoms. The molecule has 0 N–H and O–H groups in total. The average molecular weight is 580 g/mol. The second-order valence-corrected chi connectivity index (χ2v) is 12.2. The molecule has 10 rings (SSSR count). The summed E-state index contributed by atoms with van der Waals surface area (Å²) in [7, 11) is 0. The van der Waals surface area contributed by atoms with Crippen LogP contribution in [0.3, 0.4) is 0 Å². The van der Waals surface area contributed by atoms with Crippen LogP contribution in [0, 0.1) is 0 Å². The van der Waals surface area contributed by atoms with Gasteiger partial charge in [-0.25, -0.2) is 4.98 Å². The molecular formula is C41H29N3O. The standard InChI is InChI=1S/C41H29N3O/c1-2-11-27(12-3-1)43-33-17-7-4-14-29(33)40-35(43)22-23-36-41(40)30-15-5-8-18-34(30)44(36)39-20-10-16-32(42-39)26-21-24-38-31(25-26)28-13-6-9-19-37(28)45-38/h1-11,13-21,24-25,27H,12,22-23H2. The number of hydrogen-bond acceptors (Lipinski definition) is 2. The van der Waals surface area contributed by atoms with Crippen molar-refractivity contribution in [2.75, 3.05) is 0 Å². The van der Waals surface area contributed by atoms with Crippen LogP contribution >= 0.6 is 0 Å². The van der Waals surface area contributed by atoms with Gasteiger partial charge in [0.25, 0.3) is 0 Å². The maximum absolute atomic E-state index is 6.10. The number of rotatable bonds is 3. The number of furan rings is 1. The zero-order chi connectivity index (χ0) is 29.5. The third-order valence-corrected chi connectivity index (χ3v) is 9.76. The van der Waals surface area contributed by atoms with Crippen molar-refractivity contribution in [3.8, 4) is 28.2 Å². The van der Waals surface area contributed by atoms with Gasteiger partial charge in [0.05, 0.1) is 17.3 Å². The Bertz CT molecular complexity index is 2540. The largest absolute Gasteiger partial charge is 0.456 e. The van der Waals surface area contributed by atoms with Crippen molar-refractivity contribution in [2.24, 2.45) is 0 Å². The lowest BCUT2D eigenvalue weighted by atomic mass is 9.90. The number of allylic oxidation sites excluding steroid dienone is 4. The minimum Gasteiger partial charge on any atom is -0.456 e. The van der Waals surface area contributed by atoms with Gasteiger partial charge in [-0.1, -0.05) is 85.0 Å². The van der Waals surface area contributed by atoms with Crippen molar-refractivity contribution in [1.29, 1.82) is 0 Å². The summed E-state index contributed by atoms with van der Waals surface area (Å²) in [4.78, 5) is 5.32. The average Bonchev–Trinajstić information content (AvgIpc) is 3.76. The zero-order valence-corrected chi connectivity index (χ0v) is 24.7. The van der Waals surface area contributed by atoms with Gasteiger partial charge in [-0.3, -0.25) is 4.57 Å². The predicted molar refractivity (Wildman–Crippen MR) is 184 cm³/mol. The fourth-order valence-corrected chi connectivity index (χ4v) is 7.88. The second kappa shape index (κ2) is 9.44. The molecule has 4 heteroatoms. The molecule has 4 heterocycles. The van der Waals surface area contributed by atoms with Crippen molar-refractivity contribution in [3.05, 3.63) is 145 Å². The SMILES string of the molecule is C1=CCC(n2c3c(c4ccccc42)-c2c(n(-c4cccc(-c5ccc6oc7ccccc7c6c5)n4)c4ccccc24)CC3)C=C1. The highest BCUT2D eigenvalue weighted by Crippen LogP contribution is 2.48. The molecule has 0 saturated heterocycles. The summed E-state index contributed by atoms with van der Waals surface area (Å²) in [5, 5.41) is 4.87. The summed E-state index contributed by atoms with van der Waals surface area (Å²) in [5.74, 6) is 0.953. The number of fused-ring (bicyclic) bond motifs is 10. The Kier molecular flexibility index (Phi) is 5.20. The highest BCUT2D eigenvalue weighted by Gasteiger charge is 2.31. The van der Waals surface area contributed by atoms with Crippen LogP contribution in [0.1, 0.15) is 23.9 Å². The lowest BCUT2D eigenvalue weighted by Gasteiger charge is -2.24. The molecule has 2 aliphatic rings. The smallest absolute Gasteiger partial charge is 0.138 e. The number of hydrogen-bond donors (Lipinski definition) is 0. The van der Waals surface area contributed by atoms with Gasteiger partial charge in [-0.05, 0) is 67.8 Å². The first-order valence-corrected chi connectivity index (χ1v) is 15.8. The predicted octanol–water partition coefficient (Wildman–Crippen LogP) is 10.4. The molecular weight excluding hydrogens is 550 g/mol. The van der Waals surface area contributed by atoms with E-state index in [2.05, 4.69) is 131 Å². The van der Waals surface area contributed by atoms with Crippen molar-refractivity contribution < 1.29 is 4.42 Å². The lowest BCUT2D eigenvalue weighted by Crippen LogP contribution is -2.15. The summed E-state index contributed by atoms with van der Waals surface area (Å²) < 4.78 is 11.1. The van der Waals surface area contributed by atoms with E-state index in [4.69, 9.17) is 9.40 Å². The van der Waals surface area contributed by atoms with E-state index < -0.39 is 0 Å². The van der Waals surface area contributed by atoms with Crippen LogP contribution in [0.5, 0.6) is 0 Å². The van der Waals surface area contributed by atoms with Crippen molar-refractivity contribution in [2.45, 2.75) is 25.3 Å². The van der Waals surface area contributed by atoms with E-state index in [-0.39, 0.29) is 0 Å². The Morgan fingerprint density at radius 2 is 1.36 bits per heavy atom. The minimum absolute atomic E-state index is 0.335. The van der Waals surface area contributed by atoms with Gasteiger partial charge in [-0.2, -0.15) is 0 Å². The molecule has 4 aromatic heterocycles. The van der Waals surface area contributed by atoms with Crippen LogP contribution in [-0.2, 0) is 12.8 Å². The zero-order valence-electron chi connectivity index (χ0n) is 24.7. The van der Waals surface area contributed by atoms with Gasteiger partial charge in [-0.15, -0.1) is 0 Å². The number of nitrogens with zero attached hydrogens (tertiary/aromatic N) is 3. The van der Waals surface area contributed by atoms with E-state index >= 15 is 0 Å². The van der Waals surface area contributed by atoms with Crippen molar-refractivity contribution in [1.82, 2.24) is 14.1 Å². The van der Waals surface area contributed by atoms with Crippen LogP contribution < -0.4 is 0 Å². The lowest BCUT2D eigenvalue weighted by molar-refractivity contribution is 0.596. The van der Waals surface area contributed by atoms with E-state index in [1.165, 1.54) is 44.3 Å². The number of pyridine rings is 1. The molecule has 8 aromatic rings. The van der Waals surface area contributed by atoms with E-state index in [1.807, 2.05) is 12.1 Å². The molecule has 0 spiro atoms. The summed E-state index contributed by atoms with van der Waals surface area (Å²) in [6.45, 7) is 0. The topological polar surface area (TPSA) is 35.9 Å². The first-order valence-electron chi connectivity index (χ1n) is 15.8. The van der Waals surface area contributed by atoms with Crippen LogP contribution in [0.15, 0.2) is 138 Å². The van der Waals surface area contributed by atoms with Gasteiger partial charge in [0.1, 0.15) is 17.0 Å². The van der Waals surface area contributed by atoms with Gasteiger partial charge < -0.3 is 8.98 Å². The Morgan fingerprint density at radius 3 is 2.22 bits per heavy atom. The van der Waals surface area contributed by atoms with E-state index in [0.29, 0.717) is 6.04 Å². The second-order valence-electron chi connectivity index (χ2n) is 12.2. The van der Waals surface area contributed by atoms with E-state index in [9.17, 15) is 0 Å². The molecule has 2 aliphatic carbocycles.